The summed E-state index contributed by atoms with van der Waals surface area (Å²) in [7, 11) is 2.38. The van der Waals surface area contributed by atoms with Crippen molar-refractivity contribution in [3.63, 3.8) is 0 Å². The Kier molecular flexibility index (Phi) is 6.69. The van der Waals surface area contributed by atoms with E-state index < -0.39 is 23.7 Å². The molecule has 0 heterocycles. The van der Waals surface area contributed by atoms with Crippen LogP contribution in [0.25, 0.3) is 6.08 Å². The van der Waals surface area contributed by atoms with Crippen LogP contribution in [0, 0.1) is 0 Å². The van der Waals surface area contributed by atoms with Gasteiger partial charge in [-0.2, -0.15) is 13.2 Å². The number of methoxy groups -OCH3 is 2. The van der Waals surface area contributed by atoms with E-state index in [2.05, 4.69) is 4.74 Å². The first-order chi connectivity index (χ1) is 13.2. The lowest BCUT2D eigenvalue weighted by Gasteiger charge is -2.12. The summed E-state index contributed by atoms with van der Waals surface area (Å²) in [6.45, 7) is 0. The summed E-state index contributed by atoms with van der Waals surface area (Å²) in [5.41, 5.74) is -0.491. The molecule has 2 aromatic carbocycles. The van der Waals surface area contributed by atoms with Crippen molar-refractivity contribution in [2.75, 3.05) is 14.2 Å². The molecule has 0 atom stereocenters. The molecule has 0 saturated heterocycles. The van der Waals surface area contributed by atoms with Crippen molar-refractivity contribution in [2.45, 2.75) is 6.18 Å². The Hall–Kier alpha value is -3.00. The van der Waals surface area contributed by atoms with Crippen LogP contribution in [0.5, 0.6) is 11.5 Å². The average molecular weight is 415 g/mol. The molecule has 0 bridgehead atoms. The van der Waals surface area contributed by atoms with E-state index in [0.29, 0.717) is 5.56 Å². The maximum Gasteiger partial charge on any atom is 0.416 e. The van der Waals surface area contributed by atoms with Gasteiger partial charge in [0.25, 0.3) is 0 Å². The topological polar surface area (TPSA) is 61.8 Å². The lowest BCUT2D eigenvalue weighted by Crippen LogP contribution is -2.05. The number of carbonyl (C=O) groups is 2. The highest BCUT2D eigenvalue weighted by Crippen LogP contribution is 2.36. The van der Waals surface area contributed by atoms with Gasteiger partial charge in [0.2, 0.25) is 0 Å². The molecule has 0 saturated carbocycles. The smallest absolute Gasteiger partial charge is 0.416 e. The number of esters is 2. The van der Waals surface area contributed by atoms with E-state index in [1.165, 1.54) is 38.5 Å². The maximum absolute atomic E-state index is 12.7. The van der Waals surface area contributed by atoms with Crippen LogP contribution in [-0.2, 0) is 20.4 Å². The molecule has 0 aromatic heterocycles. The molecule has 0 radical (unpaired) electrons. The van der Waals surface area contributed by atoms with E-state index in [1.807, 2.05) is 0 Å². The first-order valence-corrected chi connectivity index (χ1v) is 8.06. The van der Waals surface area contributed by atoms with Crippen molar-refractivity contribution >= 4 is 29.6 Å². The molecule has 2 aromatic rings. The third-order valence-electron chi connectivity index (χ3n) is 3.52. The molecule has 0 aliphatic heterocycles. The highest BCUT2D eigenvalue weighted by molar-refractivity contribution is 6.32. The number of benzene rings is 2. The Morgan fingerprint density at radius 1 is 1.04 bits per heavy atom. The summed E-state index contributed by atoms with van der Waals surface area (Å²) in [6.07, 6.45) is -2.06. The van der Waals surface area contributed by atoms with Gasteiger partial charge in [-0.25, -0.2) is 9.59 Å². The summed E-state index contributed by atoms with van der Waals surface area (Å²) < 4.78 is 52.8. The standard InChI is InChI=1S/C19H14ClF3O5/c1-26-17(24)8-4-11-3-6-13(10-14(11)18(25)27-2)28-16-7-5-12(9-15(16)20)19(21,22)23/h3-10H,1-2H3/b8-4+. The second-order valence-corrected chi connectivity index (χ2v) is 5.75. The molecule has 9 heteroatoms. The zero-order valence-electron chi connectivity index (χ0n) is 14.7. The Morgan fingerprint density at radius 3 is 2.32 bits per heavy atom. The zero-order valence-corrected chi connectivity index (χ0v) is 15.4. The number of hydrogen-bond donors (Lipinski definition) is 0. The fourth-order valence-corrected chi connectivity index (χ4v) is 2.36. The molecule has 0 aliphatic rings. The van der Waals surface area contributed by atoms with Gasteiger partial charge in [0, 0.05) is 6.08 Å². The predicted molar refractivity (Wildman–Crippen MR) is 95.4 cm³/mol. The third-order valence-corrected chi connectivity index (χ3v) is 3.81. The minimum atomic E-state index is -4.53. The van der Waals surface area contributed by atoms with Gasteiger partial charge in [-0.1, -0.05) is 17.7 Å². The van der Waals surface area contributed by atoms with Crippen LogP contribution >= 0.6 is 11.6 Å². The number of alkyl halides is 3. The summed E-state index contributed by atoms with van der Waals surface area (Å²) in [4.78, 5) is 23.2. The van der Waals surface area contributed by atoms with E-state index in [1.54, 1.807) is 0 Å². The normalized spacial score (nSPS) is 11.4. The van der Waals surface area contributed by atoms with Gasteiger partial charge in [-0.15, -0.1) is 0 Å². The first kappa shape index (κ1) is 21.3. The molecule has 148 valence electrons. The molecule has 0 fully saturated rings. The molecule has 0 N–H and O–H groups in total. The molecule has 0 amide bonds. The molecule has 0 spiro atoms. The van der Waals surface area contributed by atoms with Crippen molar-refractivity contribution in [2.24, 2.45) is 0 Å². The minimum absolute atomic E-state index is 0.0247. The Labute approximate surface area is 163 Å². The molecule has 2 rings (SSSR count). The molecule has 0 aliphatic carbocycles. The fraction of sp³-hybridized carbons (Fsp3) is 0.158. The van der Waals surface area contributed by atoms with Gasteiger partial charge in [0.05, 0.1) is 30.4 Å². The van der Waals surface area contributed by atoms with Crippen LogP contribution in [0.1, 0.15) is 21.5 Å². The maximum atomic E-state index is 12.7. The molecular weight excluding hydrogens is 401 g/mol. The number of halogens is 4. The van der Waals surface area contributed by atoms with Gasteiger partial charge in [-0.05, 0) is 42.0 Å². The second-order valence-electron chi connectivity index (χ2n) is 5.34. The Bertz CT molecular complexity index is 922. The summed E-state index contributed by atoms with van der Waals surface area (Å²) in [6, 6.07) is 6.89. The van der Waals surface area contributed by atoms with E-state index in [4.69, 9.17) is 21.1 Å². The van der Waals surface area contributed by atoms with Crippen LogP contribution in [-0.4, -0.2) is 26.2 Å². The quantitative estimate of drug-likeness (QED) is 0.501. The third kappa shape index (κ3) is 5.26. The van der Waals surface area contributed by atoms with Crippen LogP contribution in [0.2, 0.25) is 5.02 Å². The van der Waals surface area contributed by atoms with Crippen molar-refractivity contribution in [1.29, 1.82) is 0 Å². The molecule has 0 unspecified atom stereocenters. The van der Waals surface area contributed by atoms with Gasteiger partial charge in [0.1, 0.15) is 11.5 Å². The van der Waals surface area contributed by atoms with Gasteiger partial charge in [0.15, 0.2) is 0 Å². The number of carbonyl (C=O) groups excluding carboxylic acids is 2. The Morgan fingerprint density at radius 2 is 1.75 bits per heavy atom. The highest BCUT2D eigenvalue weighted by Gasteiger charge is 2.31. The lowest BCUT2D eigenvalue weighted by molar-refractivity contribution is -0.137. The van der Waals surface area contributed by atoms with Crippen LogP contribution in [0.3, 0.4) is 0 Å². The average Bonchev–Trinajstić information content (AvgIpc) is 2.66. The minimum Gasteiger partial charge on any atom is -0.466 e. The largest absolute Gasteiger partial charge is 0.466 e. The monoisotopic (exact) mass is 414 g/mol. The van der Waals surface area contributed by atoms with E-state index >= 15 is 0 Å². The number of hydrogen-bond acceptors (Lipinski definition) is 5. The van der Waals surface area contributed by atoms with Gasteiger partial charge >= 0.3 is 18.1 Å². The van der Waals surface area contributed by atoms with Gasteiger partial charge in [-0.3, -0.25) is 0 Å². The SMILES string of the molecule is COC(=O)/C=C/c1ccc(Oc2ccc(C(F)(F)F)cc2Cl)cc1C(=O)OC. The zero-order chi connectivity index (χ0) is 20.9. The summed E-state index contributed by atoms with van der Waals surface area (Å²) >= 11 is 5.87. The molecular formula is C19H14ClF3O5. The van der Waals surface area contributed by atoms with Crippen molar-refractivity contribution < 1.29 is 37.0 Å². The fourth-order valence-electron chi connectivity index (χ4n) is 2.14. The summed E-state index contributed by atoms with van der Waals surface area (Å²) in [5, 5.41) is -0.246. The second kappa shape index (κ2) is 8.79. The summed E-state index contributed by atoms with van der Waals surface area (Å²) in [5.74, 6) is -1.21. The van der Waals surface area contributed by atoms with Crippen LogP contribution in [0.15, 0.2) is 42.5 Å². The number of rotatable bonds is 5. The van der Waals surface area contributed by atoms with E-state index in [-0.39, 0.29) is 22.1 Å². The van der Waals surface area contributed by atoms with Crippen molar-refractivity contribution in [3.8, 4) is 11.5 Å². The Balaban J connectivity index is 2.35. The van der Waals surface area contributed by atoms with Crippen molar-refractivity contribution in [1.82, 2.24) is 0 Å². The highest BCUT2D eigenvalue weighted by atomic mass is 35.5. The van der Waals surface area contributed by atoms with E-state index in [9.17, 15) is 22.8 Å². The molecule has 28 heavy (non-hydrogen) atoms. The van der Waals surface area contributed by atoms with E-state index in [0.717, 1.165) is 24.3 Å². The van der Waals surface area contributed by atoms with Crippen molar-refractivity contribution in [3.05, 3.63) is 64.2 Å². The van der Waals surface area contributed by atoms with Crippen LogP contribution < -0.4 is 4.74 Å². The lowest BCUT2D eigenvalue weighted by atomic mass is 10.1. The first-order valence-electron chi connectivity index (χ1n) is 7.68. The van der Waals surface area contributed by atoms with Gasteiger partial charge < -0.3 is 14.2 Å². The molecule has 5 nitrogen and oxygen atoms in total. The number of ether oxygens (including phenoxy) is 3. The van der Waals surface area contributed by atoms with Crippen LogP contribution in [0.4, 0.5) is 13.2 Å². The predicted octanol–water partition coefficient (Wildman–Crippen LogP) is 5.12.